The molecule has 0 aliphatic heterocycles. The number of hydrogen-bond acceptors (Lipinski definition) is 1. The van der Waals surface area contributed by atoms with E-state index in [0.717, 1.165) is 11.3 Å². The minimum atomic E-state index is 0.587. The molecule has 0 saturated heterocycles. The SMILES string of the molecule is C=C/C=C\C=C(/C)c1ccc(COc2ccccc2)cc1. The molecule has 0 unspecified atom stereocenters. The standard InChI is InChI=1S/C20H20O/c1-3-4-6-9-17(2)19-14-12-18(13-15-19)16-21-20-10-7-5-8-11-20/h3-15H,1,16H2,2H3/b6-4-,17-9+. The van der Waals surface area contributed by atoms with Crippen LogP contribution in [0, 0.1) is 0 Å². The summed E-state index contributed by atoms with van der Waals surface area (Å²) in [5, 5.41) is 0. The maximum absolute atomic E-state index is 5.73. The van der Waals surface area contributed by atoms with Crippen molar-refractivity contribution in [3.63, 3.8) is 0 Å². The average Bonchev–Trinajstić information content (AvgIpc) is 2.54. The Morgan fingerprint density at radius 3 is 2.38 bits per heavy atom. The first-order valence-electron chi connectivity index (χ1n) is 7.03. The van der Waals surface area contributed by atoms with Crippen molar-refractivity contribution in [2.45, 2.75) is 13.5 Å². The monoisotopic (exact) mass is 276 g/mol. The molecule has 0 saturated carbocycles. The van der Waals surface area contributed by atoms with Gasteiger partial charge in [-0.15, -0.1) is 0 Å². The highest BCUT2D eigenvalue weighted by atomic mass is 16.5. The number of benzene rings is 2. The van der Waals surface area contributed by atoms with Crippen LogP contribution in [0.5, 0.6) is 5.75 Å². The van der Waals surface area contributed by atoms with Crippen molar-refractivity contribution in [2.75, 3.05) is 0 Å². The summed E-state index contributed by atoms with van der Waals surface area (Å²) < 4.78 is 5.73. The van der Waals surface area contributed by atoms with Crippen molar-refractivity contribution in [1.29, 1.82) is 0 Å². The van der Waals surface area contributed by atoms with Crippen LogP contribution < -0.4 is 4.74 Å². The van der Waals surface area contributed by atoms with Gasteiger partial charge >= 0.3 is 0 Å². The van der Waals surface area contributed by atoms with E-state index in [0.29, 0.717) is 6.61 Å². The molecule has 0 aliphatic carbocycles. The maximum Gasteiger partial charge on any atom is 0.119 e. The molecule has 0 bridgehead atoms. The van der Waals surface area contributed by atoms with Gasteiger partial charge in [0.15, 0.2) is 0 Å². The Morgan fingerprint density at radius 2 is 1.71 bits per heavy atom. The number of rotatable bonds is 6. The fraction of sp³-hybridized carbons (Fsp3) is 0.100. The first-order valence-corrected chi connectivity index (χ1v) is 7.03. The lowest BCUT2D eigenvalue weighted by Crippen LogP contribution is -1.95. The summed E-state index contributed by atoms with van der Waals surface area (Å²) in [6, 6.07) is 18.3. The molecule has 106 valence electrons. The van der Waals surface area contributed by atoms with Gasteiger partial charge in [-0.1, -0.05) is 73.3 Å². The molecule has 0 amide bonds. The number of ether oxygens (including phenoxy) is 1. The van der Waals surface area contributed by atoms with Crippen molar-refractivity contribution in [2.24, 2.45) is 0 Å². The zero-order chi connectivity index (χ0) is 14.9. The topological polar surface area (TPSA) is 9.23 Å². The lowest BCUT2D eigenvalue weighted by atomic mass is 10.1. The molecule has 2 aromatic rings. The summed E-state index contributed by atoms with van der Waals surface area (Å²) in [7, 11) is 0. The fourth-order valence-corrected chi connectivity index (χ4v) is 1.92. The third-order valence-electron chi connectivity index (χ3n) is 3.15. The molecular weight excluding hydrogens is 256 g/mol. The number of allylic oxidation sites excluding steroid dienone is 5. The van der Waals surface area contributed by atoms with Crippen LogP contribution in [-0.4, -0.2) is 0 Å². The Morgan fingerprint density at radius 1 is 1.00 bits per heavy atom. The largest absolute Gasteiger partial charge is 0.489 e. The van der Waals surface area contributed by atoms with Gasteiger partial charge in [-0.3, -0.25) is 0 Å². The van der Waals surface area contributed by atoms with Gasteiger partial charge in [0.2, 0.25) is 0 Å². The van der Waals surface area contributed by atoms with Crippen molar-refractivity contribution in [3.05, 3.63) is 96.6 Å². The molecule has 0 spiro atoms. The van der Waals surface area contributed by atoms with E-state index in [1.807, 2.05) is 42.5 Å². The van der Waals surface area contributed by atoms with E-state index in [-0.39, 0.29) is 0 Å². The highest BCUT2D eigenvalue weighted by molar-refractivity contribution is 5.65. The van der Waals surface area contributed by atoms with Gasteiger partial charge in [-0.2, -0.15) is 0 Å². The molecule has 2 rings (SSSR count). The smallest absolute Gasteiger partial charge is 0.119 e. The average molecular weight is 276 g/mol. The minimum Gasteiger partial charge on any atom is -0.489 e. The third kappa shape index (κ3) is 4.81. The molecule has 2 aromatic carbocycles. The summed E-state index contributed by atoms with van der Waals surface area (Å²) >= 11 is 0. The molecule has 0 fully saturated rings. The normalized spacial score (nSPS) is 11.6. The van der Waals surface area contributed by atoms with Gasteiger partial charge in [0.1, 0.15) is 12.4 Å². The molecule has 0 radical (unpaired) electrons. The minimum absolute atomic E-state index is 0.587. The first kappa shape index (κ1) is 14.9. The first-order chi connectivity index (χ1) is 10.3. The maximum atomic E-state index is 5.73. The van der Waals surface area contributed by atoms with Crippen molar-refractivity contribution in [1.82, 2.24) is 0 Å². The number of hydrogen-bond donors (Lipinski definition) is 0. The highest BCUT2D eigenvalue weighted by Gasteiger charge is 1.98. The van der Waals surface area contributed by atoms with Crippen LogP contribution in [0.4, 0.5) is 0 Å². The number of para-hydroxylation sites is 1. The van der Waals surface area contributed by atoms with E-state index in [2.05, 4.69) is 43.8 Å². The molecule has 1 nitrogen and oxygen atoms in total. The van der Waals surface area contributed by atoms with Crippen LogP contribution in [0.1, 0.15) is 18.1 Å². The highest BCUT2D eigenvalue weighted by Crippen LogP contribution is 2.16. The quantitative estimate of drug-likeness (QED) is 0.641. The van der Waals surface area contributed by atoms with E-state index in [1.165, 1.54) is 11.1 Å². The van der Waals surface area contributed by atoms with Crippen molar-refractivity contribution >= 4 is 5.57 Å². The second-order valence-corrected chi connectivity index (χ2v) is 4.77. The van der Waals surface area contributed by atoms with Crippen LogP contribution >= 0.6 is 0 Å². The van der Waals surface area contributed by atoms with Crippen LogP contribution in [-0.2, 0) is 6.61 Å². The van der Waals surface area contributed by atoms with E-state index >= 15 is 0 Å². The predicted molar refractivity (Wildman–Crippen MR) is 90.2 cm³/mol. The summed E-state index contributed by atoms with van der Waals surface area (Å²) in [5.74, 6) is 0.896. The summed E-state index contributed by atoms with van der Waals surface area (Å²) in [6.07, 6.45) is 7.77. The second-order valence-electron chi connectivity index (χ2n) is 4.77. The van der Waals surface area contributed by atoms with Gasteiger partial charge in [0, 0.05) is 0 Å². The fourth-order valence-electron chi connectivity index (χ4n) is 1.92. The summed E-state index contributed by atoms with van der Waals surface area (Å²) in [6.45, 7) is 6.34. The summed E-state index contributed by atoms with van der Waals surface area (Å²) in [4.78, 5) is 0. The van der Waals surface area contributed by atoms with Crippen LogP contribution in [0.25, 0.3) is 5.57 Å². The Bertz CT molecular complexity index is 619. The van der Waals surface area contributed by atoms with Gasteiger partial charge in [0.25, 0.3) is 0 Å². The molecular formula is C20H20O. The molecule has 21 heavy (non-hydrogen) atoms. The Hall–Kier alpha value is -2.54. The molecule has 0 aliphatic rings. The Balaban J connectivity index is 1.97. The van der Waals surface area contributed by atoms with Gasteiger partial charge < -0.3 is 4.74 Å². The van der Waals surface area contributed by atoms with Crippen LogP contribution in [0.2, 0.25) is 0 Å². The van der Waals surface area contributed by atoms with Gasteiger partial charge in [-0.05, 0) is 35.8 Å². The molecule has 0 atom stereocenters. The van der Waals surface area contributed by atoms with E-state index < -0.39 is 0 Å². The zero-order valence-electron chi connectivity index (χ0n) is 12.3. The lowest BCUT2D eigenvalue weighted by molar-refractivity contribution is 0.306. The van der Waals surface area contributed by atoms with E-state index in [1.54, 1.807) is 6.08 Å². The van der Waals surface area contributed by atoms with Gasteiger partial charge in [-0.25, -0.2) is 0 Å². The Kier molecular flexibility index (Phi) is 5.60. The lowest BCUT2D eigenvalue weighted by Gasteiger charge is -2.07. The van der Waals surface area contributed by atoms with Crippen LogP contribution in [0.3, 0.4) is 0 Å². The third-order valence-corrected chi connectivity index (χ3v) is 3.15. The molecule has 1 heteroatoms. The molecule has 0 N–H and O–H groups in total. The molecule has 0 heterocycles. The van der Waals surface area contributed by atoms with Crippen LogP contribution in [0.15, 0.2) is 85.5 Å². The van der Waals surface area contributed by atoms with E-state index in [9.17, 15) is 0 Å². The zero-order valence-corrected chi connectivity index (χ0v) is 12.3. The summed E-state index contributed by atoms with van der Waals surface area (Å²) in [5.41, 5.74) is 3.60. The van der Waals surface area contributed by atoms with Crippen molar-refractivity contribution < 1.29 is 4.74 Å². The predicted octanol–water partition coefficient (Wildman–Crippen LogP) is 5.41. The Labute approximate surface area is 126 Å². The van der Waals surface area contributed by atoms with Crippen molar-refractivity contribution in [3.8, 4) is 5.75 Å². The van der Waals surface area contributed by atoms with Gasteiger partial charge in [0.05, 0.1) is 0 Å². The second kappa shape index (κ2) is 7.91. The van der Waals surface area contributed by atoms with E-state index in [4.69, 9.17) is 4.74 Å². The molecule has 0 aromatic heterocycles.